The third-order valence-corrected chi connectivity index (χ3v) is 3.75. The summed E-state index contributed by atoms with van der Waals surface area (Å²) in [5.74, 6) is 0. The first-order chi connectivity index (χ1) is 9.11. The van der Waals surface area contributed by atoms with E-state index >= 15 is 0 Å². The molecule has 2 rings (SSSR count). The molecule has 102 valence electrons. The van der Waals surface area contributed by atoms with Gasteiger partial charge in [0.15, 0.2) is 0 Å². The molecule has 4 nitrogen and oxygen atoms in total. The molecule has 0 saturated carbocycles. The van der Waals surface area contributed by atoms with Gasteiger partial charge in [0.2, 0.25) is 0 Å². The fourth-order valence-electron chi connectivity index (χ4n) is 2.23. The number of aromatic nitrogens is 3. The topological polar surface area (TPSA) is 42.7 Å². The second kappa shape index (κ2) is 6.30. The molecule has 0 aliphatic heterocycles. The van der Waals surface area contributed by atoms with Crippen LogP contribution in [0.25, 0.3) is 0 Å². The van der Waals surface area contributed by atoms with Gasteiger partial charge in [0.25, 0.3) is 0 Å². The summed E-state index contributed by atoms with van der Waals surface area (Å²) < 4.78 is 2.98. The lowest BCUT2D eigenvalue weighted by molar-refractivity contribution is 0.515. The maximum Gasteiger partial charge on any atom is 0.0718 e. The Morgan fingerprint density at radius 1 is 1.47 bits per heavy atom. The third-order valence-electron chi connectivity index (χ3n) is 3.08. The molecule has 0 spiro atoms. The quantitative estimate of drug-likeness (QED) is 0.920. The number of rotatable bonds is 5. The van der Waals surface area contributed by atoms with E-state index in [1.165, 1.54) is 5.69 Å². The molecule has 19 heavy (non-hydrogen) atoms. The van der Waals surface area contributed by atoms with Crippen molar-refractivity contribution in [3.63, 3.8) is 0 Å². The van der Waals surface area contributed by atoms with Gasteiger partial charge in [-0.3, -0.25) is 9.67 Å². The van der Waals surface area contributed by atoms with Crippen LogP contribution in [0, 0.1) is 6.92 Å². The van der Waals surface area contributed by atoms with Crippen molar-refractivity contribution in [3.05, 3.63) is 46.0 Å². The maximum atomic E-state index is 4.49. The number of nitrogens with zero attached hydrogens (tertiary/aromatic N) is 3. The Morgan fingerprint density at radius 2 is 2.26 bits per heavy atom. The molecule has 1 N–H and O–H groups in total. The van der Waals surface area contributed by atoms with Gasteiger partial charge in [-0.05, 0) is 47.6 Å². The number of hydrogen-bond acceptors (Lipinski definition) is 3. The van der Waals surface area contributed by atoms with E-state index in [9.17, 15) is 0 Å². The molecule has 0 amide bonds. The van der Waals surface area contributed by atoms with Crippen LogP contribution in [0.1, 0.15) is 30.0 Å². The highest BCUT2D eigenvalue weighted by atomic mass is 79.9. The Labute approximate surface area is 122 Å². The number of hydrogen-bond donors (Lipinski definition) is 1. The van der Waals surface area contributed by atoms with Crippen molar-refractivity contribution in [3.8, 4) is 0 Å². The predicted molar refractivity (Wildman–Crippen MR) is 80.0 cm³/mol. The first-order valence-corrected chi connectivity index (χ1v) is 7.24. The van der Waals surface area contributed by atoms with Crippen molar-refractivity contribution in [2.75, 3.05) is 6.54 Å². The maximum absolute atomic E-state index is 4.49. The van der Waals surface area contributed by atoms with E-state index in [4.69, 9.17) is 0 Å². The smallest absolute Gasteiger partial charge is 0.0718 e. The largest absolute Gasteiger partial charge is 0.309 e. The summed E-state index contributed by atoms with van der Waals surface area (Å²) in [4.78, 5) is 4.49. The van der Waals surface area contributed by atoms with Crippen LogP contribution < -0.4 is 5.32 Å². The molecule has 2 aromatic heterocycles. The van der Waals surface area contributed by atoms with Crippen molar-refractivity contribution in [2.24, 2.45) is 7.05 Å². The van der Waals surface area contributed by atoms with Gasteiger partial charge in [-0.2, -0.15) is 5.10 Å². The number of nitrogens with one attached hydrogen (secondary N) is 1. The Hall–Kier alpha value is -1.20. The molecule has 2 heterocycles. The molecule has 0 saturated heterocycles. The van der Waals surface area contributed by atoms with Gasteiger partial charge in [0, 0.05) is 29.8 Å². The van der Waals surface area contributed by atoms with Crippen LogP contribution >= 0.6 is 15.9 Å². The highest BCUT2D eigenvalue weighted by molar-refractivity contribution is 9.10. The zero-order valence-electron chi connectivity index (χ0n) is 11.5. The minimum atomic E-state index is 0.190. The van der Waals surface area contributed by atoms with Crippen LogP contribution in [-0.2, 0) is 13.5 Å². The van der Waals surface area contributed by atoms with Gasteiger partial charge in [-0.25, -0.2) is 0 Å². The Balaban J connectivity index is 2.26. The second-order valence-corrected chi connectivity index (χ2v) is 5.44. The molecule has 0 radical (unpaired) electrons. The van der Waals surface area contributed by atoms with E-state index in [0.29, 0.717) is 0 Å². The zero-order chi connectivity index (χ0) is 13.8. The SMILES string of the molecule is CCNC(Cc1cc(C)nn1C)c1ncccc1Br. The molecule has 0 aliphatic rings. The number of halogens is 1. The minimum Gasteiger partial charge on any atom is -0.309 e. The molecular weight excluding hydrogens is 304 g/mol. The first-order valence-electron chi connectivity index (χ1n) is 6.45. The first kappa shape index (κ1) is 14.2. The summed E-state index contributed by atoms with van der Waals surface area (Å²) in [7, 11) is 1.98. The summed E-state index contributed by atoms with van der Waals surface area (Å²) in [6.45, 7) is 5.03. The van der Waals surface area contributed by atoms with E-state index in [1.54, 1.807) is 0 Å². The molecule has 0 fully saturated rings. The van der Waals surface area contributed by atoms with Gasteiger partial charge in [-0.15, -0.1) is 0 Å². The van der Waals surface area contributed by atoms with Crippen molar-refractivity contribution < 1.29 is 0 Å². The highest BCUT2D eigenvalue weighted by Gasteiger charge is 2.17. The van der Waals surface area contributed by atoms with E-state index in [0.717, 1.165) is 28.8 Å². The van der Waals surface area contributed by atoms with Gasteiger partial charge in [0.1, 0.15) is 0 Å². The fraction of sp³-hybridized carbons (Fsp3) is 0.429. The van der Waals surface area contributed by atoms with Crippen molar-refractivity contribution in [1.29, 1.82) is 0 Å². The highest BCUT2D eigenvalue weighted by Crippen LogP contribution is 2.24. The lowest BCUT2D eigenvalue weighted by Crippen LogP contribution is -2.25. The van der Waals surface area contributed by atoms with Crippen LogP contribution in [0.15, 0.2) is 28.9 Å². The Kier molecular flexibility index (Phi) is 4.71. The second-order valence-electron chi connectivity index (χ2n) is 4.59. The normalized spacial score (nSPS) is 12.6. The zero-order valence-corrected chi connectivity index (χ0v) is 13.1. The predicted octanol–water partition coefficient (Wildman–Crippen LogP) is 2.78. The third kappa shape index (κ3) is 3.42. The van der Waals surface area contributed by atoms with E-state index < -0.39 is 0 Å². The molecule has 2 aromatic rings. The van der Waals surface area contributed by atoms with Gasteiger partial charge >= 0.3 is 0 Å². The average molecular weight is 323 g/mol. The van der Waals surface area contributed by atoms with E-state index in [2.05, 4.69) is 44.3 Å². The molecule has 1 atom stereocenters. The van der Waals surface area contributed by atoms with Crippen LogP contribution in [0.2, 0.25) is 0 Å². The van der Waals surface area contributed by atoms with Crippen LogP contribution in [0.3, 0.4) is 0 Å². The van der Waals surface area contributed by atoms with Crippen molar-refractivity contribution in [2.45, 2.75) is 26.3 Å². The summed E-state index contributed by atoms with van der Waals surface area (Å²) >= 11 is 3.58. The van der Waals surface area contributed by atoms with Crippen LogP contribution in [0.4, 0.5) is 0 Å². The summed E-state index contributed by atoms with van der Waals surface area (Å²) in [5.41, 5.74) is 3.30. The van der Waals surface area contributed by atoms with E-state index in [1.807, 2.05) is 37.0 Å². The van der Waals surface area contributed by atoms with Crippen LogP contribution in [-0.4, -0.2) is 21.3 Å². The fourth-order valence-corrected chi connectivity index (χ4v) is 2.76. The Bertz CT molecular complexity index is 550. The summed E-state index contributed by atoms with van der Waals surface area (Å²) in [5, 5.41) is 7.89. The Morgan fingerprint density at radius 3 is 2.84 bits per heavy atom. The molecule has 0 aromatic carbocycles. The lowest BCUT2D eigenvalue weighted by atomic mass is 10.1. The van der Waals surface area contributed by atoms with Crippen molar-refractivity contribution >= 4 is 15.9 Å². The summed E-state index contributed by atoms with van der Waals surface area (Å²) in [6.07, 6.45) is 2.71. The standard InChI is InChI=1S/C14H19BrN4/c1-4-16-13(14-12(15)6-5-7-17-14)9-11-8-10(2)18-19(11)3/h5-8,13,16H,4,9H2,1-3H3. The molecule has 5 heteroatoms. The molecule has 0 aliphatic carbocycles. The van der Waals surface area contributed by atoms with Gasteiger partial charge < -0.3 is 5.32 Å². The van der Waals surface area contributed by atoms with Crippen LogP contribution in [0.5, 0.6) is 0 Å². The van der Waals surface area contributed by atoms with Gasteiger partial charge in [0.05, 0.1) is 17.4 Å². The van der Waals surface area contributed by atoms with Gasteiger partial charge in [-0.1, -0.05) is 6.92 Å². The van der Waals surface area contributed by atoms with E-state index in [-0.39, 0.29) is 6.04 Å². The average Bonchev–Trinajstić information content (AvgIpc) is 2.68. The molecular formula is C14H19BrN4. The summed E-state index contributed by atoms with van der Waals surface area (Å²) in [6, 6.07) is 6.28. The number of likely N-dealkylation sites (N-methyl/N-ethyl adjacent to an activating group) is 1. The minimum absolute atomic E-state index is 0.190. The number of aryl methyl sites for hydroxylation is 2. The number of pyridine rings is 1. The lowest BCUT2D eigenvalue weighted by Gasteiger charge is -2.18. The molecule has 0 bridgehead atoms. The molecule has 1 unspecified atom stereocenters. The monoisotopic (exact) mass is 322 g/mol. The van der Waals surface area contributed by atoms with Crippen molar-refractivity contribution in [1.82, 2.24) is 20.1 Å².